The topological polar surface area (TPSA) is 85.3 Å². The molecule has 210 valence electrons. The minimum absolute atomic E-state index is 0.0844. The number of amidine groups is 1. The zero-order valence-corrected chi connectivity index (χ0v) is 27.6. The number of allylic oxidation sites excluding steroid dienone is 1. The van der Waals surface area contributed by atoms with Gasteiger partial charge in [0.25, 0.3) is 10.0 Å². The van der Waals surface area contributed by atoms with Crippen LogP contribution in [0.1, 0.15) is 45.2 Å². The molecule has 2 fully saturated rings. The highest BCUT2D eigenvalue weighted by Gasteiger charge is 2.38. The van der Waals surface area contributed by atoms with Crippen molar-refractivity contribution in [3.05, 3.63) is 67.4 Å². The molecule has 2 saturated heterocycles. The van der Waals surface area contributed by atoms with E-state index in [2.05, 4.69) is 89.8 Å². The van der Waals surface area contributed by atoms with Crippen LogP contribution in [-0.2, 0) is 14.8 Å². The first-order chi connectivity index (χ1) is 18.6. The number of piperazine rings is 1. The Hall–Kier alpha value is -1.55. The van der Waals surface area contributed by atoms with Gasteiger partial charge in [-0.2, -0.15) is 8.42 Å². The maximum absolute atomic E-state index is 13.4. The van der Waals surface area contributed by atoms with Crippen LogP contribution in [0.25, 0.3) is 0 Å². The Balaban J connectivity index is 1.37. The molecule has 4 rings (SSSR count). The van der Waals surface area contributed by atoms with E-state index in [9.17, 15) is 13.2 Å². The Morgan fingerprint density at radius 3 is 2.38 bits per heavy atom. The highest BCUT2D eigenvalue weighted by molar-refractivity contribution is 14.1. The summed E-state index contributed by atoms with van der Waals surface area (Å²) in [5, 5.41) is 2.89. The second-order valence-electron chi connectivity index (χ2n) is 9.72. The van der Waals surface area contributed by atoms with Crippen molar-refractivity contribution in [2.45, 2.75) is 50.6 Å². The largest absolute Gasteiger partial charge is 0.350 e. The zero-order chi connectivity index (χ0) is 28.2. The summed E-state index contributed by atoms with van der Waals surface area (Å²) in [7, 11) is -3.85. The molecule has 2 atom stereocenters. The van der Waals surface area contributed by atoms with E-state index in [4.69, 9.17) is 0 Å². The minimum Gasteiger partial charge on any atom is -0.350 e. The third-order valence-corrected chi connectivity index (χ3v) is 11.6. The van der Waals surface area contributed by atoms with E-state index < -0.39 is 10.0 Å². The predicted molar refractivity (Wildman–Crippen MR) is 173 cm³/mol. The number of amides is 1. The van der Waals surface area contributed by atoms with Crippen molar-refractivity contribution < 1.29 is 13.2 Å². The van der Waals surface area contributed by atoms with E-state index in [1.165, 1.54) is 24.8 Å². The summed E-state index contributed by atoms with van der Waals surface area (Å²) in [6.45, 7) is 10.1. The minimum atomic E-state index is -3.85. The smallest absolute Gasteiger partial charge is 0.283 e. The van der Waals surface area contributed by atoms with Crippen LogP contribution in [0.5, 0.6) is 0 Å². The first-order valence-corrected chi connectivity index (χ1v) is 16.8. The lowest BCUT2D eigenvalue weighted by Crippen LogP contribution is -2.52. The van der Waals surface area contributed by atoms with Crippen LogP contribution in [0, 0.1) is 7.14 Å². The predicted octanol–water partition coefficient (Wildman–Crippen LogP) is 5.00. The molecule has 2 aliphatic rings. The SMILES string of the molecule is C/C=C\NC(CC)=NS(=O)(=O)c1ccc(N2CC[C@H](N3CCN([C@@H](C)c4ccc(I)c(I)c4)CC3)C2=O)cc1. The average molecular weight is 775 g/mol. The Morgan fingerprint density at radius 1 is 1.08 bits per heavy atom. The van der Waals surface area contributed by atoms with Gasteiger partial charge in [0.15, 0.2) is 0 Å². The molecule has 2 aliphatic heterocycles. The summed E-state index contributed by atoms with van der Waals surface area (Å²) in [4.78, 5) is 20.1. The molecule has 11 heteroatoms. The summed E-state index contributed by atoms with van der Waals surface area (Å²) in [6, 6.07) is 13.3. The summed E-state index contributed by atoms with van der Waals surface area (Å²) >= 11 is 4.76. The molecule has 0 spiro atoms. The van der Waals surface area contributed by atoms with Crippen molar-refractivity contribution in [1.82, 2.24) is 15.1 Å². The molecule has 0 bridgehead atoms. The Bertz CT molecular complexity index is 1340. The van der Waals surface area contributed by atoms with Crippen molar-refractivity contribution in [2.75, 3.05) is 37.6 Å². The lowest BCUT2D eigenvalue weighted by molar-refractivity contribution is -0.122. The monoisotopic (exact) mass is 775 g/mol. The Morgan fingerprint density at radius 2 is 1.77 bits per heavy atom. The number of hydrogen-bond acceptors (Lipinski definition) is 5. The van der Waals surface area contributed by atoms with Crippen molar-refractivity contribution in [3.63, 3.8) is 0 Å². The summed E-state index contributed by atoms with van der Waals surface area (Å²) in [5.74, 6) is 0.457. The van der Waals surface area contributed by atoms with Gasteiger partial charge in [0.1, 0.15) is 5.84 Å². The van der Waals surface area contributed by atoms with Crippen LogP contribution in [0.15, 0.2) is 64.0 Å². The Labute approximate surface area is 259 Å². The molecule has 2 heterocycles. The van der Waals surface area contributed by atoms with Crippen molar-refractivity contribution in [2.24, 2.45) is 4.40 Å². The number of rotatable bonds is 8. The fraction of sp³-hybridized carbons (Fsp3) is 0.429. The lowest BCUT2D eigenvalue weighted by atomic mass is 10.1. The number of nitrogens with zero attached hydrogens (tertiary/aromatic N) is 4. The number of nitrogens with one attached hydrogen (secondary N) is 1. The molecule has 8 nitrogen and oxygen atoms in total. The van der Waals surface area contributed by atoms with Crippen LogP contribution < -0.4 is 10.2 Å². The van der Waals surface area contributed by atoms with Gasteiger partial charge in [0, 0.05) is 58.0 Å². The normalized spacial score (nSPS) is 20.6. The highest BCUT2D eigenvalue weighted by atomic mass is 127. The van der Waals surface area contributed by atoms with E-state index in [1.54, 1.807) is 29.3 Å². The number of benzene rings is 2. The fourth-order valence-electron chi connectivity index (χ4n) is 5.05. The number of sulfonamides is 1. The van der Waals surface area contributed by atoms with Gasteiger partial charge >= 0.3 is 0 Å². The number of anilines is 1. The maximum Gasteiger partial charge on any atom is 0.283 e. The van der Waals surface area contributed by atoms with E-state index >= 15 is 0 Å². The van der Waals surface area contributed by atoms with Crippen LogP contribution in [0.3, 0.4) is 0 Å². The third kappa shape index (κ3) is 7.21. The van der Waals surface area contributed by atoms with Gasteiger partial charge in [-0.25, -0.2) is 0 Å². The van der Waals surface area contributed by atoms with Gasteiger partial charge in [-0.3, -0.25) is 14.6 Å². The van der Waals surface area contributed by atoms with Crippen molar-refractivity contribution in [1.29, 1.82) is 0 Å². The van der Waals surface area contributed by atoms with Crippen LogP contribution in [0.2, 0.25) is 0 Å². The molecule has 1 amide bonds. The number of carbonyl (C=O) groups is 1. The standard InChI is InChI=1S/C28H35I2N5O3S/c1-4-13-31-27(5-2)32-39(37,38)23-9-7-22(8-10-23)35-14-12-26(28(35)36)34-17-15-33(16-18-34)20(3)21-6-11-24(29)25(30)19-21/h4,6-11,13,19-20,26H,5,12,14-18H2,1-3H3,(H,31,32)/b13-4-/t20-,26-/m0/s1. The summed E-state index contributed by atoms with van der Waals surface area (Å²) < 4.78 is 32.0. The molecule has 2 aromatic carbocycles. The molecule has 0 radical (unpaired) electrons. The molecule has 0 aromatic heterocycles. The molecule has 0 aliphatic carbocycles. The van der Waals surface area contributed by atoms with Crippen LogP contribution in [-0.4, -0.2) is 68.7 Å². The third-order valence-electron chi connectivity index (χ3n) is 7.37. The number of halogens is 2. The van der Waals surface area contributed by atoms with Crippen LogP contribution in [0.4, 0.5) is 5.69 Å². The molecular formula is C28H35I2N5O3S. The van der Waals surface area contributed by atoms with E-state index in [0.29, 0.717) is 30.5 Å². The first kappa shape index (κ1) is 30.4. The van der Waals surface area contributed by atoms with E-state index in [-0.39, 0.29) is 16.8 Å². The van der Waals surface area contributed by atoms with Gasteiger partial charge in [0.05, 0.1) is 10.9 Å². The average Bonchev–Trinajstić information content (AvgIpc) is 3.33. The molecule has 39 heavy (non-hydrogen) atoms. The summed E-state index contributed by atoms with van der Waals surface area (Å²) in [5.41, 5.74) is 2.04. The zero-order valence-electron chi connectivity index (χ0n) is 22.5. The first-order valence-electron chi connectivity index (χ1n) is 13.2. The van der Waals surface area contributed by atoms with Crippen molar-refractivity contribution in [3.8, 4) is 0 Å². The molecule has 0 saturated carbocycles. The molecular weight excluding hydrogens is 740 g/mol. The quantitative estimate of drug-likeness (QED) is 0.231. The van der Waals surface area contributed by atoms with Gasteiger partial charge in [-0.05, 0) is 114 Å². The highest BCUT2D eigenvalue weighted by Crippen LogP contribution is 2.29. The van der Waals surface area contributed by atoms with Gasteiger partial charge in [0.2, 0.25) is 5.91 Å². The van der Waals surface area contributed by atoms with Gasteiger partial charge in [-0.1, -0.05) is 19.1 Å². The van der Waals surface area contributed by atoms with E-state index in [1.807, 2.05) is 13.8 Å². The number of hydrogen-bond donors (Lipinski definition) is 1. The molecule has 2 aromatic rings. The van der Waals surface area contributed by atoms with Gasteiger partial charge < -0.3 is 10.2 Å². The molecule has 0 unspecified atom stereocenters. The lowest BCUT2D eigenvalue weighted by Gasteiger charge is -2.40. The second-order valence-corrected chi connectivity index (χ2v) is 13.6. The van der Waals surface area contributed by atoms with Crippen LogP contribution >= 0.6 is 45.2 Å². The fourth-order valence-corrected chi connectivity index (χ4v) is 6.98. The van der Waals surface area contributed by atoms with Gasteiger partial charge in [-0.15, -0.1) is 4.40 Å². The summed E-state index contributed by atoms with van der Waals surface area (Å²) in [6.07, 6.45) is 4.66. The van der Waals surface area contributed by atoms with Crippen molar-refractivity contribution >= 4 is 72.6 Å². The number of carbonyl (C=O) groups excluding carboxylic acids is 1. The second kappa shape index (κ2) is 13.4. The Kier molecular flexibility index (Phi) is 10.5. The van der Waals surface area contributed by atoms with E-state index in [0.717, 1.165) is 32.6 Å². The maximum atomic E-state index is 13.4. The molecule has 1 N–H and O–H groups in total.